The molecule has 0 spiro atoms. The molecule has 0 fully saturated rings. The van der Waals surface area contributed by atoms with Gasteiger partial charge in [0.15, 0.2) is 5.78 Å². The lowest BCUT2D eigenvalue weighted by Crippen LogP contribution is -2.11. The average molecular weight is 264 g/mol. The summed E-state index contributed by atoms with van der Waals surface area (Å²) in [6, 6.07) is 4.90. The molecule has 0 unspecified atom stereocenters. The van der Waals surface area contributed by atoms with E-state index >= 15 is 0 Å². The van der Waals surface area contributed by atoms with Crippen LogP contribution < -0.4 is 5.73 Å². The summed E-state index contributed by atoms with van der Waals surface area (Å²) in [7, 11) is 0. The zero-order chi connectivity index (χ0) is 13.1. The number of Topliss-reactive ketones (excluding diaryl/α,β-unsaturated/α-hetero) is 1. The second kappa shape index (κ2) is 5.23. The quantitative estimate of drug-likeness (QED) is 0.681. The van der Waals surface area contributed by atoms with E-state index in [1.165, 1.54) is 0 Å². The molecule has 1 aromatic carbocycles. The third-order valence-corrected chi connectivity index (χ3v) is 3.01. The first-order valence-corrected chi connectivity index (χ1v) is 6.08. The van der Waals surface area contributed by atoms with E-state index in [2.05, 4.69) is 4.98 Å². The number of hydrogen-bond donors (Lipinski definition) is 1. The number of carbonyl (C=O) groups excluding carboxylic acids is 1. The molecule has 2 aromatic rings. The van der Waals surface area contributed by atoms with E-state index in [-0.39, 0.29) is 12.2 Å². The SMILES string of the molecule is CCn1ccnc1CC(=O)c1ccc(Cl)cc1N. The number of benzene rings is 1. The standard InChI is InChI=1S/C13H14ClN3O/c1-2-17-6-5-16-13(17)8-12(18)10-4-3-9(14)7-11(10)15/h3-7H,2,8,15H2,1H3. The number of ketones is 1. The fraction of sp³-hybridized carbons (Fsp3) is 0.231. The van der Waals surface area contributed by atoms with Gasteiger partial charge in [0.2, 0.25) is 0 Å². The van der Waals surface area contributed by atoms with E-state index in [0.717, 1.165) is 12.4 Å². The van der Waals surface area contributed by atoms with Crippen LogP contribution in [0.4, 0.5) is 5.69 Å². The number of halogens is 1. The normalized spacial score (nSPS) is 10.6. The van der Waals surface area contributed by atoms with Crippen molar-refractivity contribution in [2.75, 3.05) is 5.73 Å². The first-order chi connectivity index (χ1) is 8.61. The topological polar surface area (TPSA) is 60.9 Å². The van der Waals surface area contributed by atoms with Gasteiger partial charge in [0.05, 0.1) is 6.42 Å². The van der Waals surface area contributed by atoms with Gasteiger partial charge in [0.25, 0.3) is 0 Å². The van der Waals surface area contributed by atoms with Gasteiger partial charge in [0.1, 0.15) is 5.82 Å². The molecule has 0 radical (unpaired) electrons. The summed E-state index contributed by atoms with van der Waals surface area (Å²) in [5, 5.41) is 0.527. The molecule has 0 aliphatic carbocycles. The fourth-order valence-electron chi connectivity index (χ4n) is 1.82. The van der Waals surface area contributed by atoms with Crippen molar-refractivity contribution in [2.24, 2.45) is 0 Å². The van der Waals surface area contributed by atoms with Crippen molar-refractivity contribution in [2.45, 2.75) is 19.9 Å². The van der Waals surface area contributed by atoms with Crippen molar-refractivity contribution < 1.29 is 4.79 Å². The number of anilines is 1. The van der Waals surface area contributed by atoms with Crippen LogP contribution in [0.3, 0.4) is 0 Å². The van der Waals surface area contributed by atoms with Crippen LogP contribution in [-0.2, 0) is 13.0 Å². The largest absolute Gasteiger partial charge is 0.398 e. The molecule has 5 heteroatoms. The number of nitrogens with zero attached hydrogens (tertiary/aromatic N) is 2. The van der Waals surface area contributed by atoms with Crippen LogP contribution in [-0.4, -0.2) is 15.3 Å². The maximum absolute atomic E-state index is 12.1. The van der Waals surface area contributed by atoms with Crippen LogP contribution in [0.5, 0.6) is 0 Å². The smallest absolute Gasteiger partial charge is 0.172 e. The summed E-state index contributed by atoms with van der Waals surface area (Å²) >= 11 is 5.80. The van der Waals surface area contributed by atoms with Crippen molar-refractivity contribution in [1.29, 1.82) is 0 Å². The Morgan fingerprint density at radius 1 is 1.50 bits per heavy atom. The third kappa shape index (κ3) is 2.54. The fourth-order valence-corrected chi connectivity index (χ4v) is 2.00. The second-order valence-corrected chi connectivity index (χ2v) is 4.40. The molecule has 0 saturated heterocycles. The van der Waals surface area contributed by atoms with Crippen molar-refractivity contribution in [3.8, 4) is 0 Å². The molecule has 0 amide bonds. The zero-order valence-corrected chi connectivity index (χ0v) is 10.8. The van der Waals surface area contributed by atoms with Crippen LogP contribution in [0.2, 0.25) is 5.02 Å². The molecule has 2 rings (SSSR count). The predicted octanol–water partition coefficient (Wildman–Crippen LogP) is 2.56. The molecule has 18 heavy (non-hydrogen) atoms. The number of carbonyl (C=O) groups is 1. The summed E-state index contributed by atoms with van der Waals surface area (Å²) in [6.45, 7) is 2.80. The van der Waals surface area contributed by atoms with Gasteiger partial charge in [-0.25, -0.2) is 4.98 Å². The zero-order valence-electron chi connectivity index (χ0n) is 10.1. The molecule has 0 bridgehead atoms. The number of hydrogen-bond acceptors (Lipinski definition) is 3. The van der Waals surface area contributed by atoms with E-state index in [4.69, 9.17) is 17.3 Å². The molecule has 0 atom stereocenters. The van der Waals surface area contributed by atoms with E-state index in [0.29, 0.717) is 16.3 Å². The second-order valence-electron chi connectivity index (χ2n) is 3.96. The van der Waals surface area contributed by atoms with Gasteiger partial charge in [-0.05, 0) is 25.1 Å². The summed E-state index contributed by atoms with van der Waals surface area (Å²) < 4.78 is 1.93. The maximum atomic E-state index is 12.1. The molecule has 1 heterocycles. The Kier molecular flexibility index (Phi) is 3.67. The Labute approximate surface area is 110 Å². The number of aromatic nitrogens is 2. The monoisotopic (exact) mass is 263 g/mol. The molecule has 0 saturated carbocycles. The van der Waals surface area contributed by atoms with E-state index < -0.39 is 0 Å². The molecule has 4 nitrogen and oxygen atoms in total. The lowest BCUT2D eigenvalue weighted by Gasteiger charge is -2.06. The van der Waals surface area contributed by atoms with Crippen molar-refractivity contribution in [1.82, 2.24) is 9.55 Å². The van der Waals surface area contributed by atoms with Crippen LogP contribution in [0, 0.1) is 0 Å². The van der Waals surface area contributed by atoms with Gasteiger partial charge in [-0.3, -0.25) is 4.79 Å². The molecular formula is C13H14ClN3O. The Morgan fingerprint density at radius 3 is 2.94 bits per heavy atom. The first kappa shape index (κ1) is 12.6. The Hall–Kier alpha value is -1.81. The highest BCUT2D eigenvalue weighted by atomic mass is 35.5. The van der Waals surface area contributed by atoms with Crippen molar-refractivity contribution in [3.05, 3.63) is 47.0 Å². The molecule has 1 aromatic heterocycles. The molecule has 0 aliphatic rings. The van der Waals surface area contributed by atoms with Gasteiger partial charge in [-0.2, -0.15) is 0 Å². The Bertz CT molecular complexity index is 577. The summed E-state index contributed by atoms with van der Waals surface area (Å²) in [5.74, 6) is 0.696. The third-order valence-electron chi connectivity index (χ3n) is 2.78. The van der Waals surface area contributed by atoms with Crippen LogP contribution in [0.15, 0.2) is 30.6 Å². The minimum Gasteiger partial charge on any atom is -0.398 e. The van der Waals surface area contributed by atoms with Gasteiger partial charge < -0.3 is 10.3 Å². The predicted molar refractivity (Wildman–Crippen MR) is 71.8 cm³/mol. The van der Waals surface area contributed by atoms with Crippen molar-refractivity contribution in [3.63, 3.8) is 0 Å². The van der Waals surface area contributed by atoms with Crippen LogP contribution >= 0.6 is 11.6 Å². The number of imidazole rings is 1. The minimum atomic E-state index is -0.0509. The number of nitrogens with two attached hydrogens (primary N) is 1. The molecule has 2 N–H and O–H groups in total. The highest BCUT2D eigenvalue weighted by Gasteiger charge is 2.13. The summed E-state index contributed by atoms with van der Waals surface area (Å²) in [4.78, 5) is 16.3. The number of aryl methyl sites for hydroxylation is 1. The highest BCUT2D eigenvalue weighted by molar-refractivity contribution is 6.31. The van der Waals surface area contributed by atoms with E-state index in [1.807, 2.05) is 17.7 Å². The lowest BCUT2D eigenvalue weighted by molar-refractivity contribution is 0.0990. The summed E-state index contributed by atoms with van der Waals surface area (Å²) in [5.41, 5.74) is 6.68. The van der Waals surface area contributed by atoms with Gasteiger partial charge in [-0.15, -0.1) is 0 Å². The van der Waals surface area contributed by atoms with E-state index in [1.54, 1.807) is 24.4 Å². The maximum Gasteiger partial charge on any atom is 0.172 e. The number of rotatable bonds is 4. The molecule has 94 valence electrons. The lowest BCUT2D eigenvalue weighted by atomic mass is 10.1. The highest BCUT2D eigenvalue weighted by Crippen LogP contribution is 2.19. The van der Waals surface area contributed by atoms with Gasteiger partial charge >= 0.3 is 0 Å². The van der Waals surface area contributed by atoms with Crippen molar-refractivity contribution >= 4 is 23.1 Å². The van der Waals surface area contributed by atoms with Crippen LogP contribution in [0.1, 0.15) is 23.1 Å². The molecular weight excluding hydrogens is 250 g/mol. The molecule has 0 aliphatic heterocycles. The number of nitrogen functional groups attached to an aromatic ring is 1. The van der Waals surface area contributed by atoms with Gasteiger partial charge in [0, 0.05) is 35.2 Å². The van der Waals surface area contributed by atoms with E-state index in [9.17, 15) is 4.79 Å². The minimum absolute atomic E-state index is 0.0509. The summed E-state index contributed by atoms with van der Waals surface area (Å²) in [6.07, 6.45) is 3.79. The Balaban J connectivity index is 2.22. The Morgan fingerprint density at radius 2 is 2.28 bits per heavy atom. The first-order valence-electron chi connectivity index (χ1n) is 5.70. The average Bonchev–Trinajstić information content (AvgIpc) is 2.76. The van der Waals surface area contributed by atoms with Crippen LogP contribution in [0.25, 0.3) is 0 Å². The van der Waals surface area contributed by atoms with Gasteiger partial charge in [-0.1, -0.05) is 11.6 Å².